The zero-order valence-electron chi connectivity index (χ0n) is 12.5. The van der Waals surface area contributed by atoms with Crippen molar-refractivity contribution in [1.29, 1.82) is 0 Å². The molecule has 0 heterocycles. The van der Waals surface area contributed by atoms with E-state index >= 15 is 0 Å². The molecule has 7 nitrogen and oxygen atoms in total. The Balaban J connectivity index is 0.00000264. The Kier molecular flexibility index (Phi) is 6.20. The fourth-order valence-electron chi connectivity index (χ4n) is 2.18. The first-order valence-corrected chi connectivity index (χ1v) is 6.69. The largest absolute Gasteiger partial charge is 0.479 e. The van der Waals surface area contributed by atoms with Crippen LogP contribution in [0.3, 0.4) is 0 Å². The molecular weight excluding hydrogens is 302 g/mol. The van der Waals surface area contributed by atoms with Crippen molar-refractivity contribution in [3.63, 3.8) is 0 Å². The molecule has 0 radical (unpaired) electrons. The fraction of sp³-hybridized carbons (Fsp3) is 0.250. The van der Waals surface area contributed by atoms with Gasteiger partial charge in [-0.1, -0.05) is 42.5 Å². The van der Waals surface area contributed by atoms with Gasteiger partial charge in [-0.05, 0) is 23.3 Å². The number of hydrogen-bond acceptors (Lipinski definition) is 6. The summed E-state index contributed by atoms with van der Waals surface area (Å²) in [5, 5.41) is 29.1. The van der Waals surface area contributed by atoms with Gasteiger partial charge >= 0.3 is 11.9 Å². The van der Waals surface area contributed by atoms with Crippen LogP contribution >= 0.6 is 0 Å². The molecule has 124 valence electrons. The number of esters is 1. The third kappa shape index (κ3) is 4.04. The Morgan fingerprint density at radius 2 is 1.61 bits per heavy atom. The first-order chi connectivity index (χ1) is 10.4. The molecule has 0 aliphatic rings. The van der Waals surface area contributed by atoms with Gasteiger partial charge in [-0.2, -0.15) is 0 Å². The average Bonchev–Trinajstić information content (AvgIpc) is 2.52. The summed E-state index contributed by atoms with van der Waals surface area (Å²) in [6.07, 6.45) is -5.05. The number of carboxylic acid groups (broad SMARTS) is 1. The zero-order chi connectivity index (χ0) is 16.3. The molecule has 0 saturated heterocycles. The SMILES string of the molecule is C[C@@H](OC(=O)C(O)C(O)C(=O)O)c1cccc2ccccc12.N. The Bertz CT molecular complexity index is 697. The number of carbonyl (C=O) groups excluding carboxylic acids is 1. The lowest BCUT2D eigenvalue weighted by Gasteiger charge is -2.19. The molecule has 0 bridgehead atoms. The van der Waals surface area contributed by atoms with Gasteiger partial charge in [0, 0.05) is 0 Å². The van der Waals surface area contributed by atoms with Gasteiger partial charge in [0.2, 0.25) is 0 Å². The van der Waals surface area contributed by atoms with E-state index in [1.54, 1.807) is 13.0 Å². The predicted octanol–water partition coefficient (Wildman–Crippen LogP) is 1.41. The minimum atomic E-state index is -2.22. The summed E-state index contributed by atoms with van der Waals surface area (Å²) in [4.78, 5) is 22.3. The number of benzene rings is 2. The number of fused-ring (bicyclic) bond motifs is 1. The van der Waals surface area contributed by atoms with Gasteiger partial charge in [0.1, 0.15) is 6.10 Å². The third-order valence-corrected chi connectivity index (χ3v) is 3.35. The van der Waals surface area contributed by atoms with E-state index in [0.717, 1.165) is 16.3 Å². The average molecular weight is 321 g/mol. The van der Waals surface area contributed by atoms with Gasteiger partial charge in [0.25, 0.3) is 0 Å². The number of hydrogen-bond donors (Lipinski definition) is 4. The second-order valence-corrected chi connectivity index (χ2v) is 4.88. The molecule has 0 saturated carbocycles. The first kappa shape index (κ1) is 18.6. The van der Waals surface area contributed by atoms with E-state index in [1.807, 2.05) is 36.4 Å². The minimum Gasteiger partial charge on any atom is -0.479 e. The van der Waals surface area contributed by atoms with Crippen LogP contribution in [0.1, 0.15) is 18.6 Å². The second-order valence-electron chi connectivity index (χ2n) is 4.88. The quantitative estimate of drug-likeness (QED) is 0.610. The molecule has 2 aromatic rings. The van der Waals surface area contributed by atoms with Crippen LogP contribution in [0.5, 0.6) is 0 Å². The monoisotopic (exact) mass is 321 g/mol. The standard InChI is InChI=1S/C16H16O6.H3N/c1-9(22-16(21)14(18)13(17)15(19)20)11-8-4-6-10-5-2-3-7-12(10)11;/h2-9,13-14,17-18H,1H3,(H,19,20);1H3/t9-,13?,14?;/m1./s1. The molecule has 2 rings (SSSR count). The molecule has 23 heavy (non-hydrogen) atoms. The highest BCUT2D eigenvalue weighted by Gasteiger charge is 2.32. The van der Waals surface area contributed by atoms with Crippen molar-refractivity contribution in [1.82, 2.24) is 6.15 Å². The summed E-state index contributed by atoms with van der Waals surface area (Å²) in [5.74, 6) is -2.88. The van der Waals surface area contributed by atoms with Crippen LogP contribution in [-0.4, -0.2) is 39.5 Å². The molecule has 0 aliphatic heterocycles. The highest BCUT2D eigenvalue weighted by Crippen LogP contribution is 2.26. The van der Waals surface area contributed by atoms with Crippen molar-refractivity contribution in [2.24, 2.45) is 0 Å². The molecule has 2 aromatic carbocycles. The third-order valence-electron chi connectivity index (χ3n) is 3.35. The van der Waals surface area contributed by atoms with Crippen molar-refractivity contribution in [3.8, 4) is 0 Å². The molecule has 0 fully saturated rings. The van der Waals surface area contributed by atoms with Gasteiger partial charge in [-0.25, -0.2) is 9.59 Å². The number of aliphatic carboxylic acids is 1. The lowest BCUT2D eigenvalue weighted by molar-refractivity contribution is -0.173. The molecule has 6 N–H and O–H groups in total. The molecule has 0 amide bonds. The predicted molar refractivity (Wildman–Crippen MR) is 83.1 cm³/mol. The lowest BCUT2D eigenvalue weighted by atomic mass is 10.0. The Hall–Kier alpha value is -2.48. The van der Waals surface area contributed by atoms with E-state index in [-0.39, 0.29) is 6.15 Å². The van der Waals surface area contributed by atoms with E-state index in [1.165, 1.54) is 0 Å². The molecular formula is C16H19NO6. The van der Waals surface area contributed by atoms with Gasteiger partial charge in [-0.3, -0.25) is 0 Å². The highest BCUT2D eigenvalue weighted by atomic mass is 16.6. The minimum absolute atomic E-state index is 0. The maximum Gasteiger partial charge on any atom is 0.338 e. The normalized spacial score (nSPS) is 14.4. The first-order valence-electron chi connectivity index (χ1n) is 6.69. The van der Waals surface area contributed by atoms with Crippen molar-refractivity contribution < 1.29 is 29.6 Å². The molecule has 0 spiro atoms. The Labute approximate surface area is 132 Å². The molecule has 7 heteroatoms. The number of rotatable bonds is 5. The molecule has 0 aromatic heterocycles. The van der Waals surface area contributed by atoms with E-state index in [4.69, 9.17) is 9.84 Å². The van der Waals surface area contributed by atoms with Gasteiger partial charge < -0.3 is 26.2 Å². The summed E-state index contributed by atoms with van der Waals surface area (Å²) in [5.41, 5.74) is 0.725. The van der Waals surface area contributed by atoms with Crippen LogP contribution in [0.4, 0.5) is 0 Å². The summed E-state index contributed by atoms with van der Waals surface area (Å²) in [7, 11) is 0. The van der Waals surface area contributed by atoms with E-state index in [0.29, 0.717) is 0 Å². The topological polar surface area (TPSA) is 139 Å². The number of ether oxygens (including phenoxy) is 1. The second kappa shape index (κ2) is 7.68. The van der Waals surface area contributed by atoms with Gasteiger partial charge in [-0.15, -0.1) is 0 Å². The van der Waals surface area contributed by atoms with Gasteiger partial charge in [0.05, 0.1) is 0 Å². The summed E-state index contributed by atoms with van der Waals surface area (Å²) < 4.78 is 5.07. The maximum atomic E-state index is 11.7. The maximum absolute atomic E-state index is 11.7. The zero-order valence-corrected chi connectivity index (χ0v) is 12.5. The fourth-order valence-corrected chi connectivity index (χ4v) is 2.18. The van der Waals surface area contributed by atoms with Crippen molar-refractivity contribution in [2.45, 2.75) is 25.2 Å². The highest BCUT2D eigenvalue weighted by molar-refractivity contribution is 5.87. The summed E-state index contributed by atoms with van der Waals surface area (Å²) in [6, 6.07) is 13.0. The Morgan fingerprint density at radius 3 is 2.26 bits per heavy atom. The lowest BCUT2D eigenvalue weighted by Crippen LogP contribution is -2.40. The van der Waals surface area contributed by atoms with Crippen molar-refractivity contribution in [2.75, 3.05) is 0 Å². The molecule has 2 unspecified atom stereocenters. The number of aliphatic hydroxyl groups excluding tert-OH is 2. The van der Waals surface area contributed by atoms with Gasteiger partial charge in [0.15, 0.2) is 12.2 Å². The van der Waals surface area contributed by atoms with Crippen LogP contribution in [0.2, 0.25) is 0 Å². The smallest absolute Gasteiger partial charge is 0.338 e. The molecule has 3 atom stereocenters. The van der Waals surface area contributed by atoms with E-state index in [2.05, 4.69) is 0 Å². The van der Waals surface area contributed by atoms with Crippen LogP contribution < -0.4 is 6.15 Å². The Morgan fingerprint density at radius 1 is 1.00 bits per heavy atom. The number of carboxylic acids is 1. The van der Waals surface area contributed by atoms with Crippen LogP contribution in [0.15, 0.2) is 42.5 Å². The summed E-state index contributed by atoms with van der Waals surface area (Å²) in [6.45, 7) is 1.61. The van der Waals surface area contributed by atoms with Crippen LogP contribution in [-0.2, 0) is 14.3 Å². The number of aliphatic hydroxyl groups is 2. The van der Waals surface area contributed by atoms with E-state index in [9.17, 15) is 19.8 Å². The van der Waals surface area contributed by atoms with Crippen molar-refractivity contribution >= 4 is 22.7 Å². The summed E-state index contributed by atoms with van der Waals surface area (Å²) >= 11 is 0. The molecule has 0 aliphatic carbocycles. The van der Waals surface area contributed by atoms with Crippen molar-refractivity contribution in [3.05, 3.63) is 48.0 Å². The van der Waals surface area contributed by atoms with Crippen LogP contribution in [0, 0.1) is 0 Å². The number of carbonyl (C=O) groups is 2. The van der Waals surface area contributed by atoms with Crippen LogP contribution in [0.25, 0.3) is 10.8 Å². The van der Waals surface area contributed by atoms with E-state index < -0.39 is 30.3 Å².